The molecule has 1 atom stereocenters. The molecule has 1 N–H and O–H groups in total. The third-order valence-corrected chi connectivity index (χ3v) is 3.94. The Morgan fingerprint density at radius 3 is 2.64 bits per heavy atom. The summed E-state index contributed by atoms with van der Waals surface area (Å²) in [6, 6.07) is 10.5. The van der Waals surface area contributed by atoms with Crippen molar-refractivity contribution in [2.75, 3.05) is 19.6 Å². The van der Waals surface area contributed by atoms with E-state index in [9.17, 15) is 4.79 Å². The lowest BCUT2D eigenvalue weighted by atomic mass is 9.90. The Labute approximate surface area is 133 Å². The summed E-state index contributed by atoms with van der Waals surface area (Å²) in [5, 5.41) is 2.92. The molecule has 1 aliphatic heterocycles. The minimum atomic E-state index is -0.444. The van der Waals surface area contributed by atoms with Crippen LogP contribution >= 0.6 is 0 Å². The van der Waals surface area contributed by atoms with Crippen LogP contribution in [0.5, 0.6) is 0 Å². The van der Waals surface area contributed by atoms with Crippen molar-refractivity contribution >= 4 is 6.09 Å². The molecule has 1 aromatic carbocycles. The zero-order valence-corrected chi connectivity index (χ0v) is 14.2. The molecule has 22 heavy (non-hydrogen) atoms. The molecule has 0 spiro atoms. The Bertz CT molecular complexity index is 496. The fourth-order valence-corrected chi connectivity index (χ4v) is 2.85. The molecule has 1 saturated heterocycles. The van der Waals surface area contributed by atoms with E-state index in [0.717, 1.165) is 26.1 Å². The summed E-state index contributed by atoms with van der Waals surface area (Å²) in [5.41, 5.74) is 1.01. The van der Waals surface area contributed by atoms with Gasteiger partial charge in [0.1, 0.15) is 5.60 Å². The summed E-state index contributed by atoms with van der Waals surface area (Å²) in [5.74, 6) is 0. The topological polar surface area (TPSA) is 41.6 Å². The van der Waals surface area contributed by atoms with Crippen molar-refractivity contribution in [1.29, 1.82) is 0 Å². The Morgan fingerprint density at radius 2 is 2.00 bits per heavy atom. The number of nitrogens with one attached hydrogen (secondary N) is 1. The predicted molar refractivity (Wildman–Crippen MR) is 88.7 cm³/mol. The van der Waals surface area contributed by atoms with Gasteiger partial charge in [-0.25, -0.2) is 4.79 Å². The first-order valence-corrected chi connectivity index (χ1v) is 7.99. The minimum Gasteiger partial charge on any atom is -0.444 e. The van der Waals surface area contributed by atoms with Crippen molar-refractivity contribution in [3.63, 3.8) is 0 Å². The summed E-state index contributed by atoms with van der Waals surface area (Å²) < 4.78 is 5.30. The van der Waals surface area contributed by atoms with Crippen LogP contribution in [0, 0.1) is 5.41 Å². The molecule has 4 heteroatoms. The Morgan fingerprint density at radius 1 is 1.32 bits per heavy atom. The van der Waals surface area contributed by atoms with Crippen LogP contribution in [0.1, 0.15) is 39.7 Å². The summed E-state index contributed by atoms with van der Waals surface area (Å²) in [6.45, 7) is 11.6. The van der Waals surface area contributed by atoms with E-state index in [1.165, 1.54) is 5.56 Å². The quantitative estimate of drug-likeness (QED) is 0.926. The average molecular weight is 304 g/mol. The number of nitrogens with zero attached hydrogens (tertiary/aromatic N) is 1. The first kappa shape index (κ1) is 16.8. The second kappa shape index (κ2) is 6.69. The maximum atomic E-state index is 11.8. The van der Waals surface area contributed by atoms with Crippen molar-refractivity contribution in [2.45, 2.75) is 46.3 Å². The number of carbonyl (C=O) groups is 1. The highest BCUT2D eigenvalue weighted by atomic mass is 16.6. The molecule has 1 unspecified atom stereocenters. The zero-order chi connectivity index (χ0) is 16.2. The van der Waals surface area contributed by atoms with E-state index >= 15 is 0 Å². The molecule has 0 aromatic heterocycles. The molecule has 0 saturated carbocycles. The molecule has 1 fully saturated rings. The molecule has 2 rings (SSSR count). The van der Waals surface area contributed by atoms with Crippen LogP contribution in [0.15, 0.2) is 30.3 Å². The summed E-state index contributed by atoms with van der Waals surface area (Å²) >= 11 is 0. The average Bonchev–Trinajstić information content (AvgIpc) is 2.78. The first-order chi connectivity index (χ1) is 10.3. The van der Waals surface area contributed by atoms with Crippen molar-refractivity contribution in [1.82, 2.24) is 10.2 Å². The molecule has 1 aliphatic rings. The van der Waals surface area contributed by atoms with Crippen LogP contribution in [0.4, 0.5) is 4.79 Å². The van der Waals surface area contributed by atoms with Crippen LogP contribution in [0.2, 0.25) is 0 Å². The van der Waals surface area contributed by atoms with E-state index in [2.05, 4.69) is 41.4 Å². The predicted octanol–water partition coefficient (Wildman–Crippen LogP) is 3.42. The number of rotatable bonds is 4. The summed E-state index contributed by atoms with van der Waals surface area (Å²) in [4.78, 5) is 14.2. The lowest BCUT2D eigenvalue weighted by Crippen LogP contribution is -2.40. The number of likely N-dealkylation sites (tertiary alicyclic amines) is 1. The van der Waals surface area contributed by atoms with Crippen LogP contribution < -0.4 is 5.32 Å². The van der Waals surface area contributed by atoms with Gasteiger partial charge < -0.3 is 10.1 Å². The monoisotopic (exact) mass is 304 g/mol. The van der Waals surface area contributed by atoms with Crippen molar-refractivity contribution in [2.24, 2.45) is 5.41 Å². The van der Waals surface area contributed by atoms with Crippen molar-refractivity contribution in [3.05, 3.63) is 35.9 Å². The van der Waals surface area contributed by atoms with Crippen LogP contribution in [0.25, 0.3) is 0 Å². The standard InChI is InChI=1S/C18H28N2O2/c1-17(2,3)22-16(21)19-13-18(4)10-11-20(14-18)12-15-8-6-5-7-9-15/h5-9H,10-14H2,1-4H3,(H,19,21). The Hall–Kier alpha value is -1.55. The highest BCUT2D eigenvalue weighted by Gasteiger charge is 2.34. The maximum Gasteiger partial charge on any atom is 0.407 e. The lowest BCUT2D eigenvalue weighted by Gasteiger charge is -2.26. The van der Waals surface area contributed by atoms with Gasteiger partial charge in [-0.15, -0.1) is 0 Å². The number of benzene rings is 1. The van der Waals surface area contributed by atoms with Crippen LogP contribution in [-0.4, -0.2) is 36.2 Å². The first-order valence-electron chi connectivity index (χ1n) is 7.99. The zero-order valence-electron chi connectivity index (χ0n) is 14.2. The molecule has 0 bridgehead atoms. The van der Waals surface area contributed by atoms with Crippen molar-refractivity contribution in [3.8, 4) is 0 Å². The third kappa shape index (κ3) is 5.34. The molecule has 4 nitrogen and oxygen atoms in total. The fraction of sp³-hybridized carbons (Fsp3) is 0.611. The third-order valence-electron chi connectivity index (χ3n) is 3.94. The van der Waals surface area contributed by atoms with Gasteiger partial charge in [0, 0.05) is 19.6 Å². The molecular weight excluding hydrogens is 276 g/mol. The molecule has 1 heterocycles. The largest absolute Gasteiger partial charge is 0.444 e. The summed E-state index contributed by atoms with van der Waals surface area (Å²) in [6.07, 6.45) is 0.769. The minimum absolute atomic E-state index is 0.117. The van der Waals surface area contributed by atoms with Gasteiger partial charge in [0.15, 0.2) is 0 Å². The van der Waals surface area contributed by atoms with Gasteiger partial charge in [-0.2, -0.15) is 0 Å². The number of alkyl carbamates (subject to hydrolysis) is 1. The van der Waals surface area contributed by atoms with Gasteiger partial charge >= 0.3 is 6.09 Å². The Kier molecular flexibility index (Phi) is 5.12. The summed E-state index contributed by atoms with van der Waals surface area (Å²) in [7, 11) is 0. The van der Waals surface area contributed by atoms with Gasteiger partial charge in [-0.3, -0.25) is 4.90 Å². The van der Waals surface area contributed by atoms with Crippen molar-refractivity contribution < 1.29 is 9.53 Å². The molecule has 0 aliphatic carbocycles. The van der Waals surface area contributed by atoms with Gasteiger partial charge in [-0.05, 0) is 44.7 Å². The second-order valence-corrected chi connectivity index (χ2v) is 7.61. The van der Waals surface area contributed by atoms with E-state index in [4.69, 9.17) is 4.74 Å². The molecule has 0 radical (unpaired) electrons. The molecule has 122 valence electrons. The maximum absolute atomic E-state index is 11.8. The lowest BCUT2D eigenvalue weighted by molar-refractivity contribution is 0.0504. The van der Waals surface area contributed by atoms with Gasteiger partial charge in [0.05, 0.1) is 0 Å². The SMILES string of the molecule is CC1(CNC(=O)OC(C)(C)C)CCN(Cc2ccccc2)C1. The molecular formula is C18H28N2O2. The molecule has 1 amide bonds. The number of ether oxygens (including phenoxy) is 1. The molecule has 1 aromatic rings. The van der Waals surface area contributed by atoms with E-state index in [1.54, 1.807) is 0 Å². The highest BCUT2D eigenvalue weighted by Crippen LogP contribution is 2.30. The van der Waals surface area contributed by atoms with E-state index in [1.807, 2.05) is 26.8 Å². The number of carbonyl (C=O) groups excluding carboxylic acids is 1. The number of hydrogen-bond acceptors (Lipinski definition) is 3. The fourth-order valence-electron chi connectivity index (χ4n) is 2.85. The van der Waals surface area contributed by atoms with Crippen LogP contribution in [0.3, 0.4) is 0 Å². The second-order valence-electron chi connectivity index (χ2n) is 7.61. The Balaban J connectivity index is 1.79. The van der Waals surface area contributed by atoms with E-state index in [0.29, 0.717) is 6.54 Å². The van der Waals surface area contributed by atoms with Gasteiger partial charge in [0.2, 0.25) is 0 Å². The van der Waals surface area contributed by atoms with Gasteiger partial charge in [0.25, 0.3) is 0 Å². The number of hydrogen-bond donors (Lipinski definition) is 1. The van der Waals surface area contributed by atoms with E-state index in [-0.39, 0.29) is 11.5 Å². The van der Waals surface area contributed by atoms with Gasteiger partial charge in [-0.1, -0.05) is 37.3 Å². The normalized spacial score (nSPS) is 22.5. The highest BCUT2D eigenvalue weighted by molar-refractivity contribution is 5.67. The number of amides is 1. The van der Waals surface area contributed by atoms with E-state index < -0.39 is 5.60 Å². The van der Waals surface area contributed by atoms with Crippen LogP contribution in [-0.2, 0) is 11.3 Å². The smallest absolute Gasteiger partial charge is 0.407 e.